The fourth-order valence-electron chi connectivity index (χ4n) is 4.26. The van der Waals surface area contributed by atoms with Crippen LogP contribution in [-0.2, 0) is 17.6 Å². The lowest BCUT2D eigenvalue weighted by Gasteiger charge is -2.24. The van der Waals surface area contributed by atoms with Gasteiger partial charge in [-0.1, -0.05) is 54.1 Å². The zero-order valence-corrected chi connectivity index (χ0v) is 14.8. The Bertz CT molecular complexity index is 788. The zero-order valence-electron chi connectivity index (χ0n) is 14.8. The lowest BCUT2D eigenvalue weighted by atomic mass is 9.98. The summed E-state index contributed by atoms with van der Waals surface area (Å²) in [7, 11) is 0. The normalized spacial score (nSPS) is 24.4. The van der Waals surface area contributed by atoms with Gasteiger partial charge in [0.1, 0.15) is 0 Å². The van der Waals surface area contributed by atoms with Gasteiger partial charge in [0.2, 0.25) is 0 Å². The maximum absolute atomic E-state index is 12.7. The molecular weight excluding hydrogens is 310 g/mol. The smallest absolute Gasteiger partial charge is 0.252 e. The number of fused-ring (bicyclic) bond motifs is 1. The Balaban J connectivity index is 1.39. The van der Waals surface area contributed by atoms with Gasteiger partial charge < -0.3 is 10.4 Å². The third-order valence-corrected chi connectivity index (χ3v) is 5.82. The predicted octanol–water partition coefficient (Wildman–Crippen LogP) is 3.13. The van der Waals surface area contributed by atoms with Gasteiger partial charge in [0.15, 0.2) is 5.60 Å². The molecule has 3 unspecified atom stereocenters. The minimum atomic E-state index is -1.30. The van der Waals surface area contributed by atoms with E-state index in [1.54, 1.807) is 0 Å². The highest BCUT2D eigenvalue weighted by Gasteiger charge is 2.46. The second-order valence-electron chi connectivity index (χ2n) is 7.84. The molecule has 2 aromatic rings. The predicted molar refractivity (Wildman–Crippen MR) is 98.4 cm³/mol. The molecule has 0 heterocycles. The summed E-state index contributed by atoms with van der Waals surface area (Å²) in [6.07, 6.45) is 1.92. The van der Waals surface area contributed by atoms with Crippen LogP contribution >= 0.6 is 0 Å². The average Bonchev–Trinajstić information content (AvgIpc) is 3.30. The molecule has 25 heavy (non-hydrogen) atoms. The number of nitrogens with one attached hydrogen (secondary N) is 1. The van der Waals surface area contributed by atoms with Gasteiger partial charge in [-0.15, -0.1) is 0 Å². The molecule has 2 N–H and O–H groups in total. The molecule has 0 radical (unpaired) electrons. The molecule has 4 rings (SSSR count). The second kappa shape index (κ2) is 5.99. The first kappa shape index (κ1) is 16.3. The molecule has 3 nitrogen and oxygen atoms in total. The van der Waals surface area contributed by atoms with Gasteiger partial charge in [0.25, 0.3) is 5.91 Å². The summed E-state index contributed by atoms with van der Waals surface area (Å²) in [6, 6.07) is 16.6. The number of aryl methyl sites for hydroxylation is 1. The summed E-state index contributed by atoms with van der Waals surface area (Å²) in [5.74, 6) is 0.745. The van der Waals surface area contributed by atoms with E-state index in [2.05, 4.69) is 43.4 Å². The van der Waals surface area contributed by atoms with Crippen molar-refractivity contribution in [1.29, 1.82) is 0 Å². The van der Waals surface area contributed by atoms with Gasteiger partial charge in [-0.3, -0.25) is 4.79 Å². The second-order valence-corrected chi connectivity index (χ2v) is 7.84. The monoisotopic (exact) mass is 335 g/mol. The van der Waals surface area contributed by atoms with Crippen LogP contribution in [0.1, 0.15) is 41.5 Å². The van der Waals surface area contributed by atoms with E-state index in [4.69, 9.17) is 0 Å². The lowest BCUT2D eigenvalue weighted by molar-refractivity contribution is -0.139. The molecule has 0 saturated heterocycles. The summed E-state index contributed by atoms with van der Waals surface area (Å²) >= 11 is 0. The number of hydrogen-bond acceptors (Lipinski definition) is 2. The van der Waals surface area contributed by atoms with Crippen molar-refractivity contribution in [2.45, 2.75) is 50.7 Å². The van der Waals surface area contributed by atoms with Gasteiger partial charge in [-0.25, -0.2) is 0 Å². The summed E-state index contributed by atoms with van der Waals surface area (Å²) in [5.41, 5.74) is 3.50. The number of aliphatic hydroxyl groups is 1. The molecule has 2 aliphatic rings. The summed E-state index contributed by atoms with van der Waals surface area (Å²) in [6.45, 7) is 4.17. The van der Waals surface area contributed by atoms with Gasteiger partial charge in [0, 0.05) is 18.9 Å². The summed E-state index contributed by atoms with van der Waals surface area (Å²) in [4.78, 5) is 12.7. The standard InChI is InChI=1S/C22H25NO2/c1-14-6-5-9-16(10-14)20-11-19(20)15(2)23-21(24)22(25)12-17-7-3-4-8-18(17)13-22/h3-10,15,19-20,25H,11-13H2,1-2H3,(H,23,24). The minimum Gasteiger partial charge on any atom is -0.379 e. The van der Waals surface area contributed by atoms with E-state index < -0.39 is 5.60 Å². The van der Waals surface area contributed by atoms with Crippen molar-refractivity contribution in [3.05, 3.63) is 70.8 Å². The number of carbonyl (C=O) groups excluding carboxylic acids is 1. The Morgan fingerprint density at radius 3 is 2.48 bits per heavy atom. The third kappa shape index (κ3) is 3.09. The Morgan fingerprint density at radius 1 is 1.16 bits per heavy atom. The van der Waals surface area contributed by atoms with E-state index in [-0.39, 0.29) is 11.9 Å². The molecule has 0 aliphatic heterocycles. The first-order valence-corrected chi connectivity index (χ1v) is 9.13. The molecule has 1 fully saturated rings. The van der Waals surface area contributed by atoms with E-state index in [0.717, 1.165) is 17.5 Å². The van der Waals surface area contributed by atoms with Gasteiger partial charge in [-0.05, 0) is 48.8 Å². The topological polar surface area (TPSA) is 49.3 Å². The van der Waals surface area contributed by atoms with Crippen molar-refractivity contribution in [2.24, 2.45) is 5.92 Å². The molecule has 2 aliphatic carbocycles. The molecule has 130 valence electrons. The van der Waals surface area contributed by atoms with Gasteiger partial charge in [0.05, 0.1) is 0 Å². The average molecular weight is 335 g/mol. The Labute approximate surface area is 149 Å². The molecule has 0 spiro atoms. The zero-order chi connectivity index (χ0) is 17.6. The molecular formula is C22H25NO2. The van der Waals surface area contributed by atoms with Gasteiger partial charge in [-0.2, -0.15) is 0 Å². The molecule has 3 atom stereocenters. The SMILES string of the molecule is Cc1cccc(C2CC2C(C)NC(=O)C2(O)Cc3ccccc3C2)c1. The van der Waals surface area contributed by atoms with Crippen LogP contribution in [0.15, 0.2) is 48.5 Å². The molecule has 3 heteroatoms. The minimum absolute atomic E-state index is 0.0748. The van der Waals surface area contributed by atoms with Crippen LogP contribution in [0.5, 0.6) is 0 Å². The Hall–Kier alpha value is -2.13. The van der Waals surface area contributed by atoms with Gasteiger partial charge >= 0.3 is 0 Å². The quantitative estimate of drug-likeness (QED) is 0.902. The highest BCUT2D eigenvalue weighted by Crippen LogP contribution is 2.49. The molecule has 1 saturated carbocycles. The fraction of sp³-hybridized carbons (Fsp3) is 0.409. The van der Waals surface area contributed by atoms with Crippen LogP contribution in [0.4, 0.5) is 0 Å². The number of rotatable bonds is 4. The van der Waals surface area contributed by atoms with E-state index in [0.29, 0.717) is 24.7 Å². The van der Waals surface area contributed by atoms with Crippen molar-refractivity contribution >= 4 is 5.91 Å². The fourth-order valence-corrected chi connectivity index (χ4v) is 4.26. The van der Waals surface area contributed by atoms with Crippen molar-refractivity contribution in [2.75, 3.05) is 0 Å². The van der Waals surface area contributed by atoms with E-state index in [1.165, 1.54) is 11.1 Å². The Morgan fingerprint density at radius 2 is 1.84 bits per heavy atom. The summed E-state index contributed by atoms with van der Waals surface area (Å²) in [5, 5.41) is 13.9. The molecule has 0 aromatic heterocycles. The van der Waals surface area contributed by atoms with Crippen LogP contribution in [0, 0.1) is 12.8 Å². The highest BCUT2D eigenvalue weighted by atomic mass is 16.3. The van der Waals surface area contributed by atoms with Crippen LogP contribution in [0.2, 0.25) is 0 Å². The number of amides is 1. The lowest BCUT2D eigenvalue weighted by Crippen LogP contribution is -2.51. The number of carbonyl (C=O) groups is 1. The van der Waals surface area contributed by atoms with E-state index in [1.807, 2.05) is 24.3 Å². The molecule has 0 bridgehead atoms. The largest absolute Gasteiger partial charge is 0.379 e. The highest BCUT2D eigenvalue weighted by molar-refractivity contribution is 5.87. The first-order valence-electron chi connectivity index (χ1n) is 9.13. The van der Waals surface area contributed by atoms with Crippen molar-refractivity contribution in [3.8, 4) is 0 Å². The summed E-state index contributed by atoms with van der Waals surface area (Å²) < 4.78 is 0. The Kier molecular flexibility index (Phi) is 3.92. The molecule has 1 amide bonds. The molecule has 2 aromatic carbocycles. The van der Waals surface area contributed by atoms with Crippen LogP contribution in [0.25, 0.3) is 0 Å². The van der Waals surface area contributed by atoms with Crippen molar-refractivity contribution < 1.29 is 9.90 Å². The number of benzene rings is 2. The maximum Gasteiger partial charge on any atom is 0.252 e. The van der Waals surface area contributed by atoms with E-state index in [9.17, 15) is 9.90 Å². The van der Waals surface area contributed by atoms with Crippen LogP contribution < -0.4 is 5.32 Å². The van der Waals surface area contributed by atoms with Crippen LogP contribution in [0.3, 0.4) is 0 Å². The number of hydrogen-bond donors (Lipinski definition) is 2. The van der Waals surface area contributed by atoms with E-state index >= 15 is 0 Å². The van der Waals surface area contributed by atoms with Crippen molar-refractivity contribution in [1.82, 2.24) is 5.32 Å². The first-order chi connectivity index (χ1) is 12.0. The van der Waals surface area contributed by atoms with Crippen molar-refractivity contribution in [3.63, 3.8) is 0 Å². The maximum atomic E-state index is 12.7. The van der Waals surface area contributed by atoms with Crippen LogP contribution in [-0.4, -0.2) is 22.7 Å². The third-order valence-electron chi connectivity index (χ3n) is 5.82.